The Hall–Kier alpha value is -1.68. The van der Waals surface area contributed by atoms with Gasteiger partial charge in [-0.2, -0.15) is 0 Å². The van der Waals surface area contributed by atoms with Crippen LogP contribution in [0.25, 0.3) is 0 Å². The lowest BCUT2D eigenvalue weighted by Crippen LogP contribution is -2.12. The highest BCUT2D eigenvalue weighted by molar-refractivity contribution is 5.54. The van der Waals surface area contributed by atoms with Gasteiger partial charge in [0, 0.05) is 6.54 Å². The number of nitrogens with one attached hydrogen (secondary N) is 1. The molecule has 0 atom stereocenters. The molecular formula is C15H23NO3. The Morgan fingerprint density at radius 3 is 2.26 bits per heavy atom. The van der Waals surface area contributed by atoms with Gasteiger partial charge in [0.05, 0.1) is 14.2 Å². The first-order valence-electron chi connectivity index (χ1n) is 6.46. The molecule has 0 amide bonds. The van der Waals surface area contributed by atoms with Gasteiger partial charge in [0.15, 0.2) is 11.5 Å². The van der Waals surface area contributed by atoms with Gasteiger partial charge in [-0.3, -0.25) is 0 Å². The van der Waals surface area contributed by atoms with Crippen LogP contribution in [0.1, 0.15) is 19.4 Å². The molecule has 0 aliphatic carbocycles. The second-order valence-corrected chi connectivity index (χ2v) is 3.99. The van der Waals surface area contributed by atoms with E-state index in [0.29, 0.717) is 23.9 Å². The molecule has 0 saturated carbocycles. The Labute approximate surface area is 115 Å². The molecule has 1 rings (SSSR count). The molecule has 0 aliphatic heterocycles. The number of methoxy groups -OCH3 is 2. The van der Waals surface area contributed by atoms with Gasteiger partial charge < -0.3 is 19.5 Å². The Balaban J connectivity index is 2.99. The number of allylic oxidation sites excluding steroid dienone is 1. The zero-order chi connectivity index (χ0) is 14.1. The van der Waals surface area contributed by atoms with Crippen LogP contribution in [0.5, 0.6) is 17.2 Å². The van der Waals surface area contributed by atoms with E-state index < -0.39 is 0 Å². The summed E-state index contributed by atoms with van der Waals surface area (Å²) in [6.45, 7) is 6.22. The summed E-state index contributed by atoms with van der Waals surface area (Å²) in [6, 6.07) is 3.94. The van der Waals surface area contributed by atoms with Gasteiger partial charge >= 0.3 is 0 Å². The molecular weight excluding hydrogens is 242 g/mol. The van der Waals surface area contributed by atoms with E-state index in [0.717, 1.165) is 18.7 Å². The van der Waals surface area contributed by atoms with Crippen molar-refractivity contribution in [3.63, 3.8) is 0 Å². The zero-order valence-electron chi connectivity index (χ0n) is 12.2. The lowest BCUT2D eigenvalue weighted by atomic mass is 10.1. The Bertz CT molecular complexity index is 391. The average molecular weight is 265 g/mol. The third-order valence-corrected chi connectivity index (χ3v) is 2.66. The molecule has 0 heterocycles. The van der Waals surface area contributed by atoms with E-state index >= 15 is 0 Å². The second-order valence-electron chi connectivity index (χ2n) is 3.99. The lowest BCUT2D eigenvalue weighted by molar-refractivity contribution is 0.300. The zero-order valence-corrected chi connectivity index (χ0v) is 12.2. The molecule has 0 aliphatic rings. The average Bonchev–Trinajstić information content (AvgIpc) is 2.45. The van der Waals surface area contributed by atoms with E-state index in [1.54, 1.807) is 14.2 Å². The highest BCUT2D eigenvalue weighted by atomic mass is 16.5. The molecule has 0 saturated heterocycles. The first-order valence-corrected chi connectivity index (χ1v) is 6.46. The Kier molecular flexibility index (Phi) is 6.82. The van der Waals surface area contributed by atoms with Crippen LogP contribution in [0, 0.1) is 0 Å². The molecule has 106 valence electrons. The molecule has 0 fully saturated rings. The van der Waals surface area contributed by atoms with Crippen molar-refractivity contribution in [1.29, 1.82) is 0 Å². The van der Waals surface area contributed by atoms with Crippen LogP contribution in [-0.2, 0) is 6.54 Å². The summed E-state index contributed by atoms with van der Waals surface area (Å²) in [5.74, 6) is 2.02. The first kappa shape index (κ1) is 15.4. The maximum atomic E-state index is 5.69. The van der Waals surface area contributed by atoms with Gasteiger partial charge in [0.1, 0.15) is 6.61 Å². The van der Waals surface area contributed by atoms with E-state index in [4.69, 9.17) is 14.2 Å². The van der Waals surface area contributed by atoms with E-state index in [1.807, 2.05) is 31.2 Å². The van der Waals surface area contributed by atoms with Gasteiger partial charge in [0.2, 0.25) is 5.75 Å². The molecule has 0 aromatic heterocycles. The number of ether oxygens (including phenoxy) is 3. The van der Waals surface area contributed by atoms with Gasteiger partial charge in [-0.1, -0.05) is 19.1 Å². The van der Waals surface area contributed by atoms with Crippen molar-refractivity contribution >= 4 is 0 Å². The van der Waals surface area contributed by atoms with E-state index in [-0.39, 0.29) is 0 Å². The highest BCUT2D eigenvalue weighted by Crippen LogP contribution is 2.38. The molecule has 1 aromatic carbocycles. The minimum atomic E-state index is 0.496. The second kappa shape index (κ2) is 8.43. The minimum Gasteiger partial charge on any atom is -0.493 e. The van der Waals surface area contributed by atoms with Crippen molar-refractivity contribution < 1.29 is 14.2 Å². The molecule has 1 N–H and O–H groups in total. The molecule has 1 aromatic rings. The smallest absolute Gasteiger partial charge is 0.203 e. The van der Waals surface area contributed by atoms with Crippen LogP contribution in [-0.4, -0.2) is 27.4 Å². The predicted molar refractivity (Wildman–Crippen MR) is 77.2 cm³/mol. The summed E-state index contributed by atoms with van der Waals surface area (Å²) in [4.78, 5) is 0. The van der Waals surface area contributed by atoms with Crippen molar-refractivity contribution in [2.75, 3.05) is 27.4 Å². The molecule has 19 heavy (non-hydrogen) atoms. The fourth-order valence-electron chi connectivity index (χ4n) is 1.68. The minimum absolute atomic E-state index is 0.496. The normalized spacial score (nSPS) is 10.7. The Morgan fingerprint density at radius 1 is 1.16 bits per heavy atom. The van der Waals surface area contributed by atoms with Crippen molar-refractivity contribution in [2.24, 2.45) is 0 Å². The predicted octanol–water partition coefficient (Wildman–Crippen LogP) is 2.77. The van der Waals surface area contributed by atoms with Gasteiger partial charge in [-0.25, -0.2) is 0 Å². The standard InChI is InChI=1S/C15H23NO3/c1-5-7-8-19-15-13(17-3)9-12(11-16-6-2)10-14(15)18-4/h5,7,9-10,16H,6,8,11H2,1-4H3/b7-5+. The van der Waals surface area contributed by atoms with Crippen LogP contribution in [0.2, 0.25) is 0 Å². The quantitative estimate of drug-likeness (QED) is 0.734. The molecule has 0 unspecified atom stereocenters. The van der Waals surface area contributed by atoms with Crippen molar-refractivity contribution in [3.8, 4) is 17.2 Å². The lowest BCUT2D eigenvalue weighted by Gasteiger charge is -2.15. The third-order valence-electron chi connectivity index (χ3n) is 2.66. The van der Waals surface area contributed by atoms with E-state index in [2.05, 4.69) is 12.2 Å². The molecule has 0 spiro atoms. The van der Waals surface area contributed by atoms with E-state index in [1.165, 1.54) is 0 Å². The van der Waals surface area contributed by atoms with Crippen molar-refractivity contribution in [1.82, 2.24) is 5.32 Å². The van der Waals surface area contributed by atoms with Crippen molar-refractivity contribution in [2.45, 2.75) is 20.4 Å². The van der Waals surface area contributed by atoms with Crippen molar-refractivity contribution in [3.05, 3.63) is 29.8 Å². The van der Waals surface area contributed by atoms with Crippen LogP contribution < -0.4 is 19.5 Å². The maximum Gasteiger partial charge on any atom is 0.203 e. The summed E-state index contributed by atoms with van der Waals surface area (Å²) in [5, 5.41) is 3.28. The summed E-state index contributed by atoms with van der Waals surface area (Å²) in [6.07, 6.45) is 3.88. The highest BCUT2D eigenvalue weighted by Gasteiger charge is 2.13. The maximum absolute atomic E-state index is 5.69. The topological polar surface area (TPSA) is 39.7 Å². The molecule has 4 nitrogen and oxygen atoms in total. The van der Waals surface area contributed by atoms with Crippen LogP contribution in [0.15, 0.2) is 24.3 Å². The van der Waals surface area contributed by atoms with Crippen LogP contribution >= 0.6 is 0 Å². The summed E-state index contributed by atoms with van der Waals surface area (Å²) in [5.41, 5.74) is 1.11. The van der Waals surface area contributed by atoms with Gasteiger partial charge in [-0.05, 0) is 31.2 Å². The summed E-state index contributed by atoms with van der Waals surface area (Å²) >= 11 is 0. The molecule has 4 heteroatoms. The van der Waals surface area contributed by atoms with Crippen LogP contribution in [0.3, 0.4) is 0 Å². The largest absolute Gasteiger partial charge is 0.493 e. The molecule has 0 bridgehead atoms. The third kappa shape index (κ3) is 4.48. The number of rotatable bonds is 8. The monoisotopic (exact) mass is 265 g/mol. The first-order chi connectivity index (χ1) is 9.26. The fourth-order valence-corrected chi connectivity index (χ4v) is 1.68. The fraction of sp³-hybridized carbons (Fsp3) is 0.467. The van der Waals surface area contributed by atoms with Crippen LogP contribution in [0.4, 0.5) is 0 Å². The number of hydrogen-bond acceptors (Lipinski definition) is 4. The number of hydrogen-bond donors (Lipinski definition) is 1. The SMILES string of the molecule is C/C=C/COc1c(OC)cc(CNCC)cc1OC. The van der Waals surface area contributed by atoms with Gasteiger partial charge in [0.25, 0.3) is 0 Å². The summed E-state index contributed by atoms with van der Waals surface area (Å²) in [7, 11) is 3.27. The molecule has 0 radical (unpaired) electrons. The van der Waals surface area contributed by atoms with Gasteiger partial charge in [-0.15, -0.1) is 0 Å². The number of benzene rings is 1. The summed E-state index contributed by atoms with van der Waals surface area (Å²) < 4.78 is 16.5. The van der Waals surface area contributed by atoms with E-state index in [9.17, 15) is 0 Å². The Morgan fingerprint density at radius 2 is 1.79 bits per heavy atom.